The highest BCUT2D eigenvalue weighted by atomic mass is 16.5. The van der Waals surface area contributed by atoms with E-state index >= 15 is 0 Å². The summed E-state index contributed by atoms with van der Waals surface area (Å²) >= 11 is 0. The van der Waals surface area contributed by atoms with Gasteiger partial charge in [0.25, 0.3) is 0 Å². The van der Waals surface area contributed by atoms with Gasteiger partial charge in [0.15, 0.2) is 0 Å². The van der Waals surface area contributed by atoms with E-state index in [-0.39, 0.29) is 30.5 Å². The molecular formula is C29H39N5O4. The maximum Gasteiger partial charge on any atom is 0.328 e. The number of hydrogen-bond acceptors (Lipinski definition) is 6. The van der Waals surface area contributed by atoms with Gasteiger partial charge in [0.2, 0.25) is 11.8 Å². The van der Waals surface area contributed by atoms with E-state index in [0.29, 0.717) is 18.5 Å². The van der Waals surface area contributed by atoms with Crippen molar-refractivity contribution in [1.29, 1.82) is 5.26 Å². The summed E-state index contributed by atoms with van der Waals surface area (Å²) in [6.07, 6.45) is 5.97. The number of aromatic nitrogens is 1. The van der Waals surface area contributed by atoms with Crippen LogP contribution < -0.4 is 5.32 Å². The molecule has 3 atom stereocenters. The Morgan fingerprint density at radius 1 is 1.18 bits per heavy atom. The molecule has 0 saturated carbocycles. The summed E-state index contributed by atoms with van der Waals surface area (Å²) in [4.78, 5) is 41.9. The van der Waals surface area contributed by atoms with Crippen LogP contribution in [-0.4, -0.2) is 76.5 Å². The molecular weight excluding hydrogens is 482 g/mol. The van der Waals surface area contributed by atoms with Gasteiger partial charge >= 0.3 is 5.97 Å². The highest BCUT2D eigenvalue weighted by Crippen LogP contribution is 2.28. The predicted molar refractivity (Wildman–Crippen MR) is 144 cm³/mol. The highest BCUT2D eigenvalue weighted by molar-refractivity contribution is 5.84. The number of esters is 1. The molecule has 0 bridgehead atoms. The van der Waals surface area contributed by atoms with Crippen molar-refractivity contribution in [3.63, 3.8) is 0 Å². The SMILES string of the molecule is CCOC(=O)[C@H](CCN1CCC[C@@H]1C(=O)N1CCC[C@H]1CCc1cc2ccc(C#N)cc2n1C)NC(C)=O. The molecule has 2 aromatic rings. The van der Waals surface area contributed by atoms with E-state index in [4.69, 9.17) is 4.74 Å². The van der Waals surface area contributed by atoms with E-state index < -0.39 is 12.0 Å². The zero-order valence-corrected chi connectivity index (χ0v) is 22.7. The summed E-state index contributed by atoms with van der Waals surface area (Å²) < 4.78 is 7.29. The quantitative estimate of drug-likeness (QED) is 0.482. The lowest BCUT2D eigenvalue weighted by molar-refractivity contribution is -0.147. The maximum absolute atomic E-state index is 13.7. The number of nitriles is 1. The van der Waals surface area contributed by atoms with Crippen LogP contribution in [0, 0.1) is 11.3 Å². The summed E-state index contributed by atoms with van der Waals surface area (Å²) in [7, 11) is 2.04. The standard InChI is InChI=1S/C29H39N5O4/c1-4-38-29(37)25(31-20(2)35)13-16-33-14-6-8-26(33)28(36)34-15-5-7-23(34)11-12-24-18-22-10-9-21(19-30)17-27(22)32(24)3/h9-10,17-18,23,25-26H,4-8,11-16H2,1-3H3,(H,31,35)/t23-,25-,26+/m0/s1. The smallest absolute Gasteiger partial charge is 0.328 e. The number of benzene rings is 1. The number of nitrogens with one attached hydrogen (secondary N) is 1. The molecule has 1 aromatic heterocycles. The monoisotopic (exact) mass is 521 g/mol. The normalized spacial score (nSPS) is 20.4. The first-order chi connectivity index (χ1) is 18.3. The van der Waals surface area contributed by atoms with Crippen LogP contribution in [-0.2, 0) is 32.6 Å². The van der Waals surface area contributed by atoms with Gasteiger partial charge < -0.3 is 19.5 Å². The summed E-state index contributed by atoms with van der Waals surface area (Å²) in [5, 5.41) is 13.1. The largest absolute Gasteiger partial charge is 0.464 e. The van der Waals surface area contributed by atoms with Gasteiger partial charge in [-0.1, -0.05) is 6.07 Å². The molecule has 0 aliphatic carbocycles. The first-order valence-corrected chi connectivity index (χ1v) is 13.8. The fourth-order valence-corrected chi connectivity index (χ4v) is 6.03. The topological polar surface area (TPSA) is 108 Å². The number of carbonyl (C=O) groups is 3. The number of likely N-dealkylation sites (tertiary alicyclic amines) is 2. The lowest BCUT2D eigenvalue weighted by Gasteiger charge is -2.32. The van der Waals surface area contributed by atoms with Crippen molar-refractivity contribution < 1.29 is 19.1 Å². The van der Waals surface area contributed by atoms with Crippen molar-refractivity contribution in [2.45, 2.75) is 76.9 Å². The summed E-state index contributed by atoms with van der Waals surface area (Å²) in [6, 6.07) is 9.50. The second kappa shape index (κ2) is 12.4. The Labute approximate surface area is 224 Å². The fourth-order valence-electron chi connectivity index (χ4n) is 6.03. The van der Waals surface area contributed by atoms with Crippen molar-refractivity contribution in [3.05, 3.63) is 35.5 Å². The van der Waals surface area contributed by atoms with Gasteiger partial charge in [-0.3, -0.25) is 14.5 Å². The Hall–Kier alpha value is -3.38. The summed E-state index contributed by atoms with van der Waals surface area (Å²) in [6.45, 7) is 5.55. The molecule has 2 saturated heterocycles. The van der Waals surface area contributed by atoms with Gasteiger partial charge in [-0.15, -0.1) is 0 Å². The van der Waals surface area contributed by atoms with Crippen LogP contribution in [0.1, 0.15) is 63.6 Å². The highest BCUT2D eigenvalue weighted by Gasteiger charge is 2.38. The van der Waals surface area contributed by atoms with Gasteiger partial charge in [-0.2, -0.15) is 5.26 Å². The number of nitrogens with zero attached hydrogens (tertiary/aromatic N) is 4. The first-order valence-electron chi connectivity index (χ1n) is 13.8. The number of fused-ring (bicyclic) bond motifs is 1. The molecule has 2 fully saturated rings. The average molecular weight is 522 g/mol. The number of carbonyl (C=O) groups excluding carboxylic acids is 3. The van der Waals surface area contributed by atoms with E-state index in [2.05, 4.69) is 31.8 Å². The second-order valence-electron chi connectivity index (χ2n) is 10.4. The molecule has 4 rings (SSSR count). The fraction of sp³-hybridized carbons (Fsp3) is 0.586. The third-order valence-electron chi connectivity index (χ3n) is 7.97. The van der Waals surface area contributed by atoms with Crippen molar-refractivity contribution in [3.8, 4) is 6.07 Å². The molecule has 0 spiro atoms. The number of aryl methyl sites for hydroxylation is 2. The Kier molecular flexibility index (Phi) is 9.05. The molecule has 204 valence electrons. The van der Waals surface area contributed by atoms with Crippen molar-refractivity contribution in [1.82, 2.24) is 19.7 Å². The van der Waals surface area contributed by atoms with Crippen LogP contribution in [0.2, 0.25) is 0 Å². The molecule has 3 heterocycles. The maximum atomic E-state index is 13.7. The van der Waals surface area contributed by atoms with Crippen LogP contribution in [0.4, 0.5) is 0 Å². The molecule has 2 amide bonds. The molecule has 1 aromatic carbocycles. The predicted octanol–water partition coefficient (Wildman–Crippen LogP) is 2.90. The third kappa shape index (κ3) is 6.18. The van der Waals surface area contributed by atoms with Crippen LogP contribution in [0.25, 0.3) is 10.9 Å². The Morgan fingerprint density at radius 3 is 2.71 bits per heavy atom. The first kappa shape index (κ1) is 27.6. The molecule has 9 heteroatoms. The molecule has 0 radical (unpaired) electrons. The van der Waals surface area contributed by atoms with Gasteiger partial charge in [-0.25, -0.2) is 4.79 Å². The van der Waals surface area contributed by atoms with Crippen LogP contribution in [0.3, 0.4) is 0 Å². The van der Waals surface area contributed by atoms with Gasteiger partial charge in [-0.05, 0) is 82.0 Å². The average Bonchev–Trinajstić information content (AvgIpc) is 3.64. The van der Waals surface area contributed by atoms with Crippen LogP contribution in [0.5, 0.6) is 0 Å². The third-order valence-corrected chi connectivity index (χ3v) is 7.97. The van der Waals surface area contributed by atoms with Crippen molar-refractivity contribution in [2.75, 3.05) is 26.2 Å². The Bertz CT molecular complexity index is 1220. The lowest BCUT2D eigenvalue weighted by atomic mass is 10.1. The van der Waals surface area contributed by atoms with Gasteiger partial charge in [0.1, 0.15) is 6.04 Å². The minimum atomic E-state index is -0.701. The zero-order chi connectivity index (χ0) is 27.2. The van der Waals surface area contributed by atoms with E-state index in [1.54, 1.807) is 6.92 Å². The molecule has 0 unspecified atom stereocenters. The van der Waals surface area contributed by atoms with Gasteiger partial charge in [0.05, 0.1) is 24.3 Å². The number of rotatable bonds is 10. The Morgan fingerprint density at radius 2 is 1.97 bits per heavy atom. The lowest BCUT2D eigenvalue weighted by Crippen LogP contribution is -2.49. The van der Waals surface area contributed by atoms with E-state index in [1.807, 2.05) is 25.2 Å². The summed E-state index contributed by atoms with van der Waals surface area (Å²) in [5.74, 6) is -0.511. The number of hydrogen-bond donors (Lipinski definition) is 1. The number of amides is 2. The molecule has 2 aliphatic rings. The van der Waals surface area contributed by atoms with Crippen molar-refractivity contribution >= 4 is 28.7 Å². The van der Waals surface area contributed by atoms with Crippen LogP contribution in [0.15, 0.2) is 24.3 Å². The zero-order valence-electron chi connectivity index (χ0n) is 22.7. The van der Waals surface area contributed by atoms with Crippen molar-refractivity contribution in [2.24, 2.45) is 7.05 Å². The minimum absolute atomic E-state index is 0.183. The summed E-state index contributed by atoms with van der Waals surface area (Å²) in [5.41, 5.74) is 2.92. The molecule has 38 heavy (non-hydrogen) atoms. The Balaban J connectivity index is 1.37. The van der Waals surface area contributed by atoms with E-state index in [1.165, 1.54) is 12.6 Å². The van der Waals surface area contributed by atoms with Crippen LogP contribution >= 0.6 is 0 Å². The molecule has 9 nitrogen and oxygen atoms in total. The van der Waals surface area contributed by atoms with E-state index in [0.717, 1.165) is 62.5 Å². The van der Waals surface area contributed by atoms with E-state index in [9.17, 15) is 19.6 Å². The number of ether oxygens (including phenoxy) is 1. The molecule has 2 aliphatic heterocycles. The second-order valence-corrected chi connectivity index (χ2v) is 10.4. The minimum Gasteiger partial charge on any atom is -0.464 e. The van der Waals surface area contributed by atoms with Gasteiger partial charge in [0, 0.05) is 44.3 Å². The molecule has 1 N–H and O–H groups in total.